The number of hydrogen-bond acceptors (Lipinski definition) is 6. The summed E-state index contributed by atoms with van der Waals surface area (Å²) in [5.74, 6) is 0.617. The maximum Gasteiger partial charge on any atom is 0.407 e. The van der Waals surface area contributed by atoms with Crippen LogP contribution in [0.5, 0.6) is 0 Å². The second kappa shape index (κ2) is 9.31. The Morgan fingerprint density at radius 2 is 2.06 bits per heavy atom. The smallest absolute Gasteiger partial charge is 0.407 e. The molecule has 4 aromatic rings. The maximum absolute atomic E-state index is 13.4. The number of H-pyrrole nitrogens is 1. The van der Waals surface area contributed by atoms with Crippen LogP contribution >= 0.6 is 38.6 Å². The van der Waals surface area contributed by atoms with E-state index in [9.17, 15) is 9.59 Å². The first-order valence-corrected chi connectivity index (χ1v) is 13.7. The fraction of sp³-hybridized carbons (Fsp3) is 0.375. The molecule has 1 fully saturated rings. The molecule has 1 aliphatic rings. The molecule has 10 heteroatoms. The van der Waals surface area contributed by atoms with Crippen LogP contribution in [0.2, 0.25) is 0 Å². The van der Waals surface area contributed by atoms with Gasteiger partial charge in [0.25, 0.3) is 0 Å². The van der Waals surface area contributed by atoms with Gasteiger partial charge in [-0.05, 0) is 52.4 Å². The van der Waals surface area contributed by atoms with Crippen molar-refractivity contribution in [1.82, 2.24) is 20.2 Å². The van der Waals surface area contributed by atoms with E-state index in [1.54, 1.807) is 22.7 Å². The number of amides is 2. The van der Waals surface area contributed by atoms with Crippen LogP contribution in [0, 0.1) is 5.92 Å². The van der Waals surface area contributed by atoms with Gasteiger partial charge in [0.1, 0.15) is 11.9 Å². The zero-order valence-electron chi connectivity index (χ0n) is 19.1. The van der Waals surface area contributed by atoms with Crippen LogP contribution in [0.15, 0.2) is 33.4 Å². The number of carbonyl (C=O) groups excluding carboxylic acids is 2. The number of aromatic amines is 1. The van der Waals surface area contributed by atoms with Crippen molar-refractivity contribution < 1.29 is 14.3 Å². The Morgan fingerprint density at radius 3 is 2.82 bits per heavy atom. The molecule has 178 valence electrons. The second-order valence-corrected chi connectivity index (χ2v) is 11.4. The Balaban J connectivity index is 1.44. The third-order valence-corrected chi connectivity index (χ3v) is 9.64. The van der Waals surface area contributed by atoms with Gasteiger partial charge in [0.2, 0.25) is 5.91 Å². The zero-order valence-corrected chi connectivity index (χ0v) is 22.3. The summed E-state index contributed by atoms with van der Waals surface area (Å²) in [6, 6.07) is 5.49. The standard InChI is InChI=1S/C24H25BrN4O3S2/c1-12(2)19(28-24(31)32-3)23(30)29-8-4-5-18(29)22-26-16-7-6-13(9-17(16)27-22)14-10-33-21-15(25)11-34-20(14)21/h6-7,9-12,18-19H,4-5,8H2,1-3H3,(H,26,27)(H,28,31). The summed E-state index contributed by atoms with van der Waals surface area (Å²) in [4.78, 5) is 35.3. The third-order valence-electron chi connectivity index (χ3n) is 6.30. The lowest BCUT2D eigenvalue weighted by Gasteiger charge is -2.29. The first-order chi connectivity index (χ1) is 16.4. The number of methoxy groups -OCH3 is 1. The quantitative estimate of drug-likeness (QED) is 0.299. The fourth-order valence-electron chi connectivity index (χ4n) is 4.54. The van der Waals surface area contributed by atoms with Crippen molar-refractivity contribution in [2.45, 2.75) is 38.8 Å². The minimum Gasteiger partial charge on any atom is -0.453 e. The van der Waals surface area contributed by atoms with Gasteiger partial charge in [-0.15, -0.1) is 22.7 Å². The van der Waals surface area contributed by atoms with Crippen molar-refractivity contribution in [2.75, 3.05) is 13.7 Å². The predicted octanol–water partition coefficient (Wildman–Crippen LogP) is 6.31. The first kappa shape index (κ1) is 23.3. The first-order valence-electron chi connectivity index (χ1n) is 11.2. The number of fused-ring (bicyclic) bond motifs is 2. The minimum absolute atomic E-state index is 0.0641. The number of nitrogens with one attached hydrogen (secondary N) is 2. The average Bonchev–Trinajstić information content (AvgIpc) is 3.60. The van der Waals surface area contributed by atoms with E-state index in [1.165, 1.54) is 22.1 Å². The van der Waals surface area contributed by atoms with E-state index in [2.05, 4.69) is 49.1 Å². The SMILES string of the molecule is COC(=O)NC(C(=O)N1CCCC1c1nc2ccc(-c3csc4c(Br)csc34)cc2[nH]1)C(C)C. The van der Waals surface area contributed by atoms with E-state index in [0.29, 0.717) is 6.54 Å². The molecule has 1 aromatic carbocycles. The molecule has 5 rings (SSSR count). The number of aromatic nitrogens is 2. The van der Waals surface area contributed by atoms with Gasteiger partial charge in [-0.2, -0.15) is 0 Å². The monoisotopic (exact) mass is 560 g/mol. The normalized spacial score (nSPS) is 17.1. The van der Waals surface area contributed by atoms with E-state index >= 15 is 0 Å². The van der Waals surface area contributed by atoms with Gasteiger partial charge in [-0.3, -0.25) is 4.79 Å². The van der Waals surface area contributed by atoms with Crippen molar-refractivity contribution in [1.29, 1.82) is 0 Å². The molecule has 0 spiro atoms. The summed E-state index contributed by atoms with van der Waals surface area (Å²) in [7, 11) is 1.30. The molecule has 3 aromatic heterocycles. The van der Waals surface area contributed by atoms with Gasteiger partial charge in [0, 0.05) is 27.3 Å². The van der Waals surface area contributed by atoms with Crippen LogP contribution < -0.4 is 5.32 Å². The van der Waals surface area contributed by atoms with Gasteiger partial charge in [-0.25, -0.2) is 9.78 Å². The number of rotatable bonds is 5. The van der Waals surface area contributed by atoms with Crippen molar-refractivity contribution in [3.63, 3.8) is 0 Å². The molecule has 0 bridgehead atoms. The molecule has 1 saturated heterocycles. The summed E-state index contributed by atoms with van der Waals surface area (Å²) < 4.78 is 8.41. The Bertz CT molecular complexity index is 1380. The van der Waals surface area contributed by atoms with Crippen molar-refractivity contribution in [2.24, 2.45) is 5.92 Å². The van der Waals surface area contributed by atoms with Gasteiger partial charge in [0.15, 0.2) is 0 Å². The van der Waals surface area contributed by atoms with Crippen molar-refractivity contribution >= 4 is 71.0 Å². The lowest BCUT2D eigenvalue weighted by molar-refractivity contribution is -0.135. The lowest BCUT2D eigenvalue weighted by Crippen LogP contribution is -2.51. The molecule has 1 aliphatic heterocycles. The van der Waals surface area contributed by atoms with Crippen LogP contribution in [-0.2, 0) is 9.53 Å². The topological polar surface area (TPSA) is 87.3 Å². The van der Waals surface area contributed by atoms with E-state index < -0.39 is 12.1 Å². The maximum atomic E-state index is 13.4. The van der Waals surface area contributed by atoms with E-state index in [4.69, 9.17) is 9.72 Å². The molecular weight excluding hydrogens is 536 g/mol. The molecule has 0 aliphatic carbocycles. The number of likely N-dealkylation sites (tertiary alicyclic amines) is 1. The van der Waals surface area contributed by atoms with E-state index in [-0.39, 0.29) is 17.9 Å². The van der Waals surface area contributed by atoms with Gasteiger partial charge < -0.3 is 19.9 Å². The molecule has 2 N–H and O–H groups in total. The van der Waals surface area contributed by atoms with E-state index in [0.717, 1.165) is 39.7 Å². The van der Waals surface area contributed by atoms with Crippen LogP contribution in [0.3, 0.4) is 0 Å². The van der Waals surface area contributed by atoms with E-state index in [1.807, 2.05) is 24.8 Å². The molecule has 0 saturated carbocycles. The number of ether oxygens (including phenoxy) is 1. The average molecular weight is 562 g/mol. The molecule has 2 amide bonds. The number of hydrogen-bond donors (Lipinski definition) is 2. The molecule has 0 radical (unpaired) electrons. The highest BCUT2D eigenvalue weighted by Crippen LogP contribution is 2.42. The minimum atomic E-state index is -0.643. The van der Waals surface area contributed by atoms with Gasteiger partial charge in [0.05, 0.1) is 33.6 Å². The molecule has 4 heterocycles. The Hall–Kier alpha value is -2.43. The fourth-order valence-corrected chi connectivity index (χ4v) is 7.61. The highest BCUT2D eigenvalue weighted by Gasteiger charge is 2.37. The molecular formula is C24H25BrN4O3S2. The number of benzene rings is 1. The van der Waals surface area contributed by atoms with Crippen molar-refractivity contribution in [3.05, 3.63) is 39.3 Å². The van der Waals surface area contributed by atoms with Gasteiger partial charge >= 0.3 is 6.09 Å². The number of imidazole rings is 1. The Labute approximate surface area is 213 Å². The summed E-state index contributed by atoms with van der Waals surface area (Å²) in [5, 5.41) is 7.02. The van der Waals surface area contributed by atoms with Crippen LogP contribution in [-0.4, -0.2) is 46.6 Å². The molecule has 34 heavy (non-hydrogen) atoms. The summed E-state index contributed by atoms with van der Waals surface area (Å²) in [5.41, 5.74) is 4.20. The number of alkyl carbamates (subject to hydrolysis) is 1. The molecule has 2 atom stereocenters. The largest absolute Gasteiger partial charge is 0.453 e. The summed E-state index contributed by atoms with van der Waals surface area (Å²) in [6.07, 6.45) is 1.12. The summed E-state index contributed by atoms with van der Waals surface area (Å²) >= 11 is 7.11. The highest BCUT2D eigenvalue weighted by atomic mass is 79.9. The second-order valence-electron chi connectivity index (χ2n) is 8.79. The van der Waals surface area contributed by atoms with Crippen LogP contribution in [0.25, 0.3) is 31.6 Å². The lowest BCUT2D eigenvalue weighted by atomic mass is 10.0. The van der Waals surface area contributed by atoms with Crippen molar-refractivity contribution in [3.8, 4) is 11.1 Å². The number of carbonyl (C=O) groups is 2. The summed E-state index contributed by atoms with van der Waals surface area (Å²) in [6.45, 7) is 4.47. The Morgan fingerprint density at radius 1 is 1.26 bits per heavy atom. The molecule has 2 unspecified atom stereocenters. The van der Waals surface area contributed by atoms with Crippen LogP contribution in [0.1, 0.15) is 38.6 Å². The number of thiophene rings is 2. The zero-order chi connectivity index (χ0) is 24.0. The van der Waals surface area contributed by atoms with Crippen LogP contribution in [0.4, 0.5) is 4.79 Å². The predicted molar refractivity (Wildman–Crippen MR) is 140 cm³/mol. The number of nitrogens with zero attached hydrogens (tertiary/aromatic N) is 2. The Kier molecular flexibility index (Phi) is 6.39. The van der Waals surface area contributed by atoms with Gasteiger partial charge in [-0.1, -0.05) is 19.9 Å². The third kappa shape index (κ3) is 4.12. The highest BCUT2D eigenvalue weighted by molar-refractivity contribution is 9.10. The molecule has 7 nitrogen and oxygen atoms in total. The number of halogens is 1.